The lowest BCUT2D eigenvalue weighted by Crippen LogP contribution is -2.45. The smallest absolute Gasteiger partial charge is 0.320 e. The average molecular weight is 285 g/mol. The first-order chi connectivity index (χ1) is 9.34. The maximum absolute atomic E-state index is 12.3. The fraction of sp³-hybridized carbons (Fsp3) is 0.769. The highest BCUT2D eigenvalue weighted by atomic mass is 16.4. The number of carboxylic acid groups (broad SMARTS) is 1. The van der Waals surface area contributed by atoms with E-state index in [-0.39, 0.29) is 24.9 Å². The Morgan fingerprint density at radius 1 is 1.40 bits per heavy atom. The van der Waals surface area contributed by atoms with Crippen molar-refractivity contribution in [1.29, 1.82) is 0 Å². The van der Waals surface area contributed by atoms with E-state index in [1.165, 1.54) is 4.90 Å². The molecule has 0 spiro atoms. The zero-order chi connectivity index (χ0) is 15.3. The van der Waals surface area contributed by atoms with Gasteiger partial charge in [-0.2, -0.15) is 0 Å². The van der Waals surface area contributed by atoms with Gasteiger partial charge in [-0.15, -0.1) is 0 Å². The van der Waals surface area contributed by atoms with Crippen molar-refractivity contribution in [2.24, 2.45) is 5.41 Å². The van der Waals surface area contributed by atoms with Crippen LogP contribution in [-0.2, 0) is 9.59 Å². The van der Waals surface area contributed by atoms with Gasteiger partial charge >= 0.3 is 12.0 Å². The molecule has 2 N–H and O–H groups in total. The summed E-state index contributed by atoms with van der Waals surface area (Å²) in [6, 6.07) is -0.193. The Bertz CT molecular complexity index is 399. The average Bonchev–Trinajstić information content (AvgIpc) is 2.81. The van der Waals surface area contributed by atoms with Crippen LogP contribution >= 0.6 is 0 Å². The van der Waals surface area contributed by atoms with Crippen LogP contribution in [0.15, 0.2) is 0 Å². The van der Waals surface area contributed by atoms with Gasteiger partial charge in [0, 0.05) is 33.2 Å². The number of carbonyl (C=O) groups is 3. The van der Waals surface area contributed by atoms with Gasteiger partial charge in [0.15, 0.2) is 0 Å². The van der Waals surface area contributed by atoms with Crippen LogP contribution in [0.2, 0.25) is 0 Å². The molecule has 1 aliphatic heterocycles. The summed E-state index contributed by atoms with van der Waals surface area (Å²) in [7, 11) is 1.59. The van der Waals surface area contributed by atoms with Gasteiger partial charge in [-0.1, -0.05) is 0 Å². The minimum atomic E-state index is -0.923. The van der Waals surface area contributed by atoms with E-state index in [1.807, 2.05) is 13.8 Å². The van der Waals surface area contributed by atoms with Crippen molar-refractivity contribution in [3.05, 3.63) is 0 Å². The predicted molar refractivity (Wildman–Crippen MR) is 73.3 cm³/mol. The molecule has 0 radical (unpaired) electrons. The first-order valence-electron chi connectivity index (χ1n) is 6.82. The third-order valence-corrected chi connectivity index (χ3v) is 3.77. The highest BCUT2D eigenvalue weighted by molar-refractivity contribution is 5.84. The number of hydrogen-bond acceptors (Lipinski definition) is 3. The van der Waals surface area contributed by atoms with E-state index < -0.39 is 11.4 Å². The summed E-state index contributed by atoms with van der Waals surface area (Å²) in [4.78, 5) is 37.9. The van der Waals surface area contributed by atoms with E-state index in [0.717, 1.165) is 0 Å². The van der Waals surface area contributed by atoms with Gasteiger partial charge in [0.2, 0.25) is 5.91 Å². The summed E-state index contributed by atoms with van der Waals surface area (Å²) in [5.74, 6) is -0.991. The summed E-state index contributed by atoms with van der Waals surface area (Å²) in [5.41, 5.74) is -0.559. The number of rotatable bonds is 5. The molecule has 1 aliphatic rings. The molecule has 1 fully saturated rings. The summed E-state index contributed by atoms with van der Waals surface area (Å²) in [6.45, 7) is 5.19. The van der Waals surface area contributed by atoms with Crippen LogP contribution < -0.4 is 5.32 Å². The summed E-state index contributed by atoms with van der Waals surface area (Å²) < 4.78 is 0. The molecule has 0 saturated carbocycles. The zero-order valence-electron chi connectivity index (χ0n) is 12.3. The lowest BCUT2D eigenvalue weighted by molar-refractivity contribution is -0.137. The fourth-order valence-electron chi connectivity index (χ4n) is 2.43. The Balaban J connectivity index is 2.64. The maximum atomic E-state index is 12.3. The molecule has 1 rings (SSSR count). The first-order valence-corrected chi connectivity index (χ1v) is 6.82. The molecule has 20 heavy (non-hydrogen) atoms. The van der Waals surface area contributed by atoms with Gasteiger partial charge < -0.3 is 20.2 Å². The molecule has 7 heteroatoms. The lowest BCUT2D eigenvalue weighted by Gasteiger charge is -2.28. The number of amides is 3. The van der Waals surface area contributed by atoms with Gasteiger partial charge in [0.05, 0.1) is 11.8 Å². The number of carbonyl (C=O) groups excluding carboxylic acids is 2. The standard InChI is InChI=1S/C13H23N3O4/c1-4-15(7-5-10(17)18)12(20)16-8-6-13(2,9-16)11(19)14-3/h4-9H2,1-3H3,(H,14,19)(H,17,18). The Hall–Kier alpha value is -1.79. The van der Waals surface area contributed by atoms with Crippen LogP contribution in [0.1, 0.15) is 26.7 Å². The van der Waals surface area contributed by atoms with Crippen molar-refractivity contribution in [3.8, 4) is 0 Å². The van der Waals surface area contributed by atoms with Crippen molar-refractivity contribution in [2.75, 3.05) is 33.2 Å². The van der Waals surface area contributed by atoms with E-state index >= 15 is 0 Å². The number of hydrogen-bond donors (Lipinski definition) is 2. The minimum Gasteiger partial charge on any atom is -0.481 e. The molecule has 0 aromatic rings. The van der Waals surface area contributed by atoms with Gasteiger partial charge in [0.1, 0.15) is 0 Å². The van der Waals surface area contributed by atoms with Crippen LogP contribution in [0.25, 0.3) is 0 Å². The Kier molecular flexibility index (Phi) is 5.35. The second-order valence-corrected chi connectivity index (χ2v) is 5.32. The lowest BCUT2D eigenvalue weighted by atomic mass is 9.89. The van der Waals surface area contributed by atoms with Crippen LogP contribution in [0.3, 0.4) is 0 Å². The summed E-state index contributed by atoms with van der Waals surface area (Å²) >= 11 is 0. The number of nitrogens with zero attached hydrogens (tertiary/aromatic N) is 2. The topological polar surface area (TPSA) is 90.0 Å². The highest BCUT2D eigenvalue weighted by Crippen LogP contribution is 2.30. The maximum Gasteiger partial charge on any atom is 0.320 e. The number of carboxylic acids is 1. The highest BCUT2D eigenvalue weighted by Gasteiger charge is 2.42. The van der Waals surface area contributed by atoms with Crippen LogP contribution in [-0.4, -0.2) is 66.0 Å². The Morgan fingerprint density at radius 2 is 2.05 bits per heavy atom. The molecule has 1 unspecified atom stereocenters. The first kappa shape index (κ1) is 16.3. The van der Waals surface area contributed by atoms with Crippen LogP contribution in [0.5, 0.6) is 0 Å². The molecule has 0 aromatic heterocycles. The SMILES string of the molecule is CCN(CCC(=O)O)C(=O)N1CCC(C)(C(=O)NC)C1. The summed E-state index contributed by atoms with van der Waals surface area (Å²) in [6.07, 6.45) is 0.551. The van der Waals surface area contributed by atoms with Gasteiger partial charge in [-0.25, -0.2) is 4.79 Å². The third kappa shape index (κ3) is 3.61. The zero-order valence-corrected chi connectivity index (χ0v) is 12.3. The van der Waals surface area contributed by atoms with Gasteiger partial charge in [-0.3, -0.25) is 9.59 Å². The van der Waals surface area contributed by atoms with Crippen molar-refractivity contribution >= 4 is 17.9 Å². The molecule has 0 aliphatic carbocycles. The minimum absolute atomic E-state index is 0.0682. The quantitative estimate of drug-likeness (QED) is 0.763. The monoisotopic (exact) mass is 285 g/mol. The van der Waals surface area contributed by atoms with E-state index in [9.17, 15) is 14.4 Å². The molecule has 1 saturated heterocycles. The number of nitrogens with one attached hydrogen (secondary N) is 1. The van der Waals surface area contributed by atoms with Crippen LogP contribution in [0, 0.1) is 5.41 Å². The van der Waals surface area contributed by atoms with Crippen molar-refractivity contribution in [3.63, 3.8) is 0 Å². The van der Waals surface area contributed by atoms with E-state index in [2.05, 4.69) is 5.32 Å². The molecule has 0 bridgehead atoms. The molecule has 3 amide bonds. The summed E-state index contributed by atoms with van der Waals surface area (Å²) in [5, 5.41) is 11.3. The molecular weight excluding hydrogens is 262 g/mol. The second kappa shape index (κ2) is 6.58. The molecule has 1 heterocycles. The molecule has 7 nitrogen and oxygen atoms in total. The molecule has 0 aromatic carbocycles. The number of aliphatic carboxylic acids is 1. The van der Waals surface area contributed by atoms with E-state index in [4.69, 9.17) is 5.11 Å². The number of urea groups is 1. The predicted octanol–water partition coefficient (Wildman–Crippen LogP) is 0.361. The fourth-order valence-corrected chi connectivity index (χ4v) is 2.43. The number of likely N-dealkylation sites (tertiary alicyclic amines) is 1. The molecule has 1 atom stereocenters. The normalized spacial score (nSPS) is 21.6. The third-order valence-electron chi connectivity index (χ3n) is 3.77. The van der Waals surface area contributed by atoms with E-state index in [0.29, 0.717) is 26.1 Å². The van der Waals surface area contributed by atoms with Crippen LogP contribution in [0.4, 0.5) is 4.79 Å². The molecule has 114 valence electrons. The Morgan fingerprint density at radius 3 is 2.55 bits per heavy atom. The van der Waals surface area contributed by atoms with Crippen molar-refractivity contribution in [2.45, 2.75) is 26.7 Å². The largest absolute Gasteiger partial charge is 0.481 e. The van der Waals surface area contributed by atoms with Crippen molar-refractivity contribution in [1.82, 2.24) is 15.1 Å². The van der Waals surface area contributed by atoms with Gasteiger partial charge in [-0.05, 0) is 20.3 Å². The van der Waals surface area contributed by atoms with E-state index in [1.54, 1.807) is 11.9 Å². The van der Waals surface area contributed by atoms with Crippen molar-refractivity contribution < 1.29 is 19.5 Å². The van der Waals surface area contributed by atoms with Gasteiger partial charge in [0.25, 0.3) is 0 Å². The second-order valence-electron chi connectivity index (χ2n) is 5.32. The Labute approximate surface area is 118 Å². The molecular formula is C13H23N3O4.